The summed E-state index contributed by atoms with van der Waals surface area (Å²) in [7, 11) is 0. The van der Waals surface area contributed by atoms with Gasteiger partial charge in [0, 0.05) is 51.2 Å². The van der Waals surface area contributed by atoms with E-state index in [1.54, 1.807) is 12.1 Å². The van der Waals surface area contributed by atoms with E-state index in [0.717, 1.165) is 5.56 Å². The zero-order valence-electron chi connectivity index (χ0n) is 18.9. The highest BCUT2D eigenvalue weighted by atomic mass is 19.4. The highest BCUT2D eigenvalue weighted by Gasteiger charge is 2.43. The molecular weight excluding hydrogens is 453 g/mol. The van der Waals surface area contributed by atoms with Gasteiger partial charge in [0.05, 0.1) is 12.1 Å². The number of amides is 2. The van der Waals surface area contributed by atoms with Crippen LogP contribution in [0.25, 0.3) is 0 Å². The first kappa shape index (κ1) is 24.7. The summed E-state index contributed by atoms with van der Waals surface area (Å²) in [5.74, 6) is -0.179. The van der Waals surface area contributed by atoms with Gasteiger partial charge in [0.2, 0.25) is 11.8 Å². The average Bonchev–Trinajstić information content (AvgIpc) is 3.23. The summed E-state index contributed by atoms with van der Waals surface area (Å²) in [5.41, 5.74) is 0.817. The fourth-order valence-electron chi connectivity index (χ4n) is 5.03. The normalized spacial score (nSPS) is 26.3. The van der Waals surface area contributed by atoms with E-state index >= 15 is 0 Å². The van der Waals surface area contributed by atoms with E-state index in [2.05, 4.69) is 20.3 Å². The maximum atomic E-state index is 12.6. The summed E-state index contributed by atoms with van der Waals surface area (Å²) < 4.78 is 40.8. The molecule has 11 heteroatoms. The van der Waals surface area contributed by atoms with Crippen LogP contribution in [-0.4, -0.2) is 83.5 Å². The van der Waals surface area contributed by atoms with Gasteiger partial charge in [-0.1, -0.05) is 12.1 Å². The first-order chi connectivity index (χ1) is 16.2. The number of nitrogens with zero attached hydrogens (tertiary/aromatic N) is 2. The predicted octanol–water partition coefficient (Wildman–Crippen LogP) is 1.38. The Kier molecular flexibility index (Phi) is 7.63. The van der Waals surface area contributed by atoms with Crippen LogP contribution in [0.5, 0.6) is 5.75 Å². The molecule has 3 heterocycles. The molecule has 0 unspecified atom stereocenters. The Labute approximate surface area is 196 Å². The minimum absolute atomic E-state index is 0.00875. The third-order valence-corrected chi connectivity index (χ3v) is 6.88. The van der Waals surface area contributed by atoms with Crippen LogP contribution >= 0.6 is 0 Å². The lowest BCUT2D eigenvalue weighted by molar-refractivity contribution is -0.274. The Bertz CT molecular complexity index is 859. The molecule has 0 radical (unpaired) electrons. The molecule has 0 aromatic heterocycles. The van der Waals surface area contributed by atoms with E-state index in [-0.39, 0.29) is 41.8 Å². The fraction of sp³-hybridized carbons (Fsp3) is 0.652. The van der Waals surface area contributed by atoms with Crippen LogP contribution in [0.4, 0.5) is 13.2 Å². The topological polar surface area (TPSA) is 94.1 Å². The second kappa shape index (κ2) is 10.5. The number of nitrogens with one attached hydrogen (secondary N) is 2. The maximum Gasteiger partial charge on any atom is 0.573 e. The molecule has 3 aliphatic rings. The molecule has 0 saturated carbocycles. The molecule has 4 rings (SSSR count). The largest absolute Gasteiger partial charge is 0.573 e. The molecule has 0 aliphatic carbocycles. The third kappa shape index (κ3) is 6.39. The summed E-state index contributed by atoms with van der Waals surface area (Å²) in [4.78, 5) is 29.0. The van der Waals surface area contributed by atoms with Gasteiger partial charge in [0.1, 0.15) is 5.75 Å². The average molecular weight is 485 g/mol. The summed E-state index contributed by atoms with van der Waals surface area (Å²) in [6.45, 7) is 2.81. The lowest BCUT2D eigenvalue weighted by Crippen LogP contribution is -2.58. The number of alkyl halides is 3. The minimum atomic E-state index is -4.72. The van der Waals surface area contributed by atoms with Gasteiger partial charge >= 0.3 is 6.36 Å². The van der Waals surface area contributed by atoms with Gasteiger partial charge in [-0.2, -0.15) is 0 Å². The molecule has 0 spiro atoms. The summed E-state index contributed by atoms with van der Waals surface area (Å²) in [6.07, 6.45) is -2.11. The van der Waals surface area contributed by atoms with Crippen molar-refractivity contribution in [2.45, 2.75) is 69.2 Å². The van der Waals surface area contributed by atoms with Gasteiger partial charge in [-0.15, -0.1) is 13.2 Å². The number of piperidine rings is 1. The highest BCUT2D eigenvalue weighted by Crippen LogP contribution is 2.27. The van der Waals surface area contributed by atoms with Gasteiger partial charge in [-0.05, 0) is 43.4 Å². The molecule has 2 amide bonds. The van der Waals surface area contributed by atoms with E-state index in [1.165, 1.54) is 12.1 Å². The Morgan fingerprint density at radius 1 is 1.21 bits per heavy atom. The number of hydrogen-bond donors (Lipinski definition) is 3. The monoisotopic (exact) mass is 484 g/mol. The van der Waals surface area contributed by atoms with Gasteiger partial charge < -0.3 is 25.4 Å². The number of likely N-dealkylation sites (tertiary alicyclic amines) is 1. The second-order valence-electron chi connectivity index (χ2n) is 9.27. The van der Waals surface area contributed by atoms with Crippen LogP contribution in [0.2, 0.25) is 0 Å². The molecule has 3 aliphatic heterocycles. The van der Waals surface area contributed by atoms with Gasteiger partial charge in [0.15, 0.2) is 0 Å². The zero-order valence-corrected chi connectivity index (χ0v) is 18.9. The van der Waals surface area contributed by atoms with E-state index in [0.29, 0.717) is 64.8 Å². The summed E-state index contributed by atoms with van der Waals surface area (Å²) >= 11 is 0. The lowest BCUT2D eigenvalue weighted by atomic mass is 10.0. The second-order valence-corrected chi connectivity index (χ2v) is 9.27. The molecule has 1 aromatic carbocycles. The third-order valence-electron chi connectivity index (χ3n) is 6.88. The minimum Gasteiger partial charge on any atom is -0.406 e. The number of hydrogen-bond acceptors (Lipinski definition) is 6. The highest BCUT2D eigenvalue weighted by molar-refractivity contribution is 5.83. The van der Waals surface area contributed by atoms with E-state index in [1.807, 2.05) is 4.90 Å². The SMILES string of the molecule is O=C1NC[C@@H](CCC(=O)N2CCC(O)CC2)N2C[C@H](NCc3ccc(OC(F)(F)F)cc3)C[C@H]12. The van der Waals surface area contributed by atoms with Crippen LogP contribution in [0.1, 0.15) is 37.7 Å². The van der Waals surface area contributed by atoms with Gasteiger partial charge in [0.25, 0.3) is 0 Å². The van der Waals surface area contributed by atoms with Gasteiger partial charge in [-0.3, -0.25) is 14.5 Å². The lowest BCUT2D eigenvalue weighted by Gasteiger charge is -2.37. The number of benzene rings is 1. The predicted molar refractivity (Wildman–Crippen MR) is 117 cm³/mol. The van der Waals surface area contributed by atoms with Crippen LogP contribution in [0.15, 0.2) is 24.3 Å². The number of aliphatic hydroxyl groups excluding tert-OH is 1. The first-order valence-corrected chi connectivity index (χ1v) is 11.8. The van der Waals surface area contributed by atoms with Gasteiger partial charge in [-0.25, -0.2) is 0 Å². The van der Waals surface area contributed by atoms with E-state index in [9.17, 15) is 27.9 Å². The molecule has 1 aromatic rings. The molecule has 34 heavy (non-hydrogen) atoms. The van der Waals surface area contributed by atoms with Crippen molar-refractivity contribution in [1.29, 1.82) is 0 Å². The Morgan fingerprint density at radius 3 is 2.59 bits per heavy atom. The van der Waals surface area contributed by atoms with Crippen molar-refractivity contribution in [2.24, 2.45) is 0 Å². The molecule has 188 valence electrons. The summed E-state index contributed by atoms with van der Waals surface area (Å²) in [5, 5.41) is 16.0. The number of aliphatic hydroxyl groups is 1. The molecule has 3 saturated heterocycles. The van der Waals surface area contributed by atoms with Crippen molar-refractivity contribution in [1.82, 2.24) is 20.4 Å². The quantitative estimate of drug-likeness (QED) is 0.542. The van der Waals surface area contributed by atoms with E-state index in [4.69, 9.17) is 0 Å². The molecule has 3 atom stereocenters. The van der Waals surface area contributed by atoms with Crippen molar-refractivity contribution >= 4 is 11.8 Å². The number of halogens is 3. The van der Waals surface area contributed by atoms with Crippen molar-refractivity contribution in [3.05, 3.63) is 29.8 Å². The zero-order chi connectivity index (χ0) is 24.3. The molecule has 8 nitrogen and oxygen atoms in total. The van der Waals surface area contributed by atoms with Crippen LogP contribution in [0, 0.1) is 0 Å². The van der Waals surface area contributed by atoms with Crippen molar-refractivity contribution in [3.8, 4) is 5.75 Å². The molecule has 3 fully saturated rings. The standard InChI is InChI=1S/C23H31F3N4O4/c24-23(25,26)34-19-4-1-15(2-5-19)12-27-16-11-20-22(33)28-13-17(30(20)14-16)3-6-21(32)29-9-7-18(31)8-10-29/h1-2,4-5,16-18,20,27,31H,3,6-14H2,(H,28,33)/t16-,17-,20-/m1/s1. The first-order valence-electron chi connectivity index (χ1n) is 11.8. The number of fused-ring (bicyclic) bond motifs is 1. The Balaban J connectivity index is 1.26. The summed E-state index contributed by atoms with van der Waals surface area (Å²) in [6, 6.07) is 5.61. The van der Waals surface area contributed by atoms with E-state index < -0.39 is 6.36 Å². The number of carbonyl (C=O) groups excluding carboxylic acids is 2. The number of carbonyl (C=O) groups is 2. The van der Waals surface area contributed by atoms with Crippen molar-refractivity contribution in [3.63, 3.8) is 0 Å². The fourth-order valence-corrected chi connectivity index (χ4v) is 5.03. The number of piperazine rings is 1. The molecule has 0 bridgehead atoms. The number of rotatable bonds is 7. The van der Waals surface area contributed by atoms with Crippen molar-refractivity contribution < 1.29 is 32.6 Å². The Hall–Kier alpha value is -2.37. The van der Waals surface area contributed by atoms with Crippen LogP contribution in [0.3, 0.4) is 0 Å². The molecule has 3 N–H and O–H groups in total. The van der Waals surface area contributed by atoms with Crippen LogP contribution < -0.4 is 15.4 Å². The smallest absolute Gasteiger partial charge is 0.406 e. The maximum absolute atomic E-state index is 12.6. The number of ether oxygens (including phenoxy) is 1. The molecular formula is C23H31F3N4O4. The van der Waals surface area contributed by atoms with Crippen molar-refractivity contribution in [2.75, 3.05) is 26.2 Å². The Morgan fingerprint density at radius 2 is 1.91 bits per heavy atom. The van der Waals surface area contributed by atoms with Crippen LogP contribution in [-0.2, 0) is 16.1 Å².